The molecule has 4 amide bonds. The maximum atomic E-state index is 13.1. The first-order chi connectivity index (χ1) is 13.4. The number of carbonyl (C=O) groups excluding carboxylic acids is 3. The van der Waals surface area contributed by atoms with Crippen molar-refractivity contribution in [1.82, 2.24) is 15.5 Å². The van der Waals surface area contributed by atoms with E-state index in [1.165, 1.54) is 6.26 Å². The number of hydrogen-bond acceptors (Lipinski definition) is 5. The van der Waals surface area contributed by atoms with E-state index in [0.717, 1.165) is 4.90 Å². The monoisotopic (exact) mass is 385 g/mol. The van der Waals surface area contributed by atoms with E-state index >= 15 is 0 Å². The van der Waals surface area contributed by atoms with Gasteiger partial charge in [0.2, 0.25) is 5.91 Å². The fourth-order valence-corrected chi connectivity index (χ4v) is 3.32. The number of urea groups is 1. The Kier molecular flexibility index (Phi) is 5.39. The van der Waals surface area contributed by atoms with Crippen LogP contribution in [0.5, 0.6) is 5.75 Å². The van der Waals surface area contributed by atoms with Gasteiger partial charge in [-0.15, -0.1) is 0 Å². The van der Waals surface area contributed by atoms with Crippen molar-refractivity contribution < 1.29 is 23.5 Å². The molecular formula is C20H23N3O5. The van der Waals surface area contributed by atoms with Crippen LogP contribution in [-0.4, -0.2) is 36.4 Å². The largest absolute Gasteiger partial charge is 0.497 e. The number of methoxy groups -OCH3 is 1. The predicted molar refractivity (Wildman–Crippen MR) is 100 cm³/mol. The van der Waals surface area contributed by atoms with Gasteiger partial charge < -0.3 is 19.8 Å². The van der Waals surface area contributed by atoms with Gasteiger partial charge in [0.1, 0.15) is 23.6 Å². The van der Waals surface area contributed by atoms with Crippen molar-refractivity contribution in [3.05, 3.63) is 54.0 Å². The fourth-order valence-electron chi connectivity index (χ4n) is 3.32. The van der Waals surface area contributed by atoms with E-state index in [1.54, 1.807) is 50.4 Å². The Morgan fingerprint density at radius 2 is 2.00 bits per heavy atom. The van der Waals surface area contributed by atoms with E-state index in [-0.39, 0.29) is 12.6 Å². The molecule has 8 heteroatoms. The average Bonchev–Trinajstić information content (AvgIpc) is 3.31. The van der Waals surface area contributed by atoms with Crippen molar-refractivity contribution in [2.75, 3.05) is 13.7 Å². The first-order valence-corrected chi connectivity index (χ1v) is 9.02. The zero-order valence-corrected chi connectivity index (χ0v) is 16.0. The van der Waals surface area contributed by atoms with Crippen molar-refractivity contribution >= 4 is 17.8 Å². The molecule has 148 valence electrons. The molecule has 0 radical (unpaired) electrons. The normalized spacial score (nSPS) is 20.0. The Morgan fingerprint density at radius 3 is 2.57 bits per heavy atom. The lowest BCUT2D eigenvalue weighted by Gasteiger charge is -2.26. The second-order valence-corrected chi connectivity index (χ2v) is 6.61. The van der Waals surface area contributed by atoms with E-state index in [1.807, 2.05) is 6.92 Å². The van der Waals surface area contributed by atoms with Crippen LogP contribution in [0.2, 0.25) is 0 Å². The van der Waals surface area contributed by atoms with E-state index in [0.29, 0.717) is 23.5 Å². The van der Waals surface area contributed by atoms with Crippen LogP contribution in [0.1, 0.15) is 37.6 Å². The summed E-state index contributed by atoms with van der Waals surface area (Å²) in [4.78, 5) is 38.9. The SMILES string of the molecule is CC[C@]1(c2ccc(OC)cc2)NC(=O)N(CC(=O)N[C@@H](C)c2ccco2)C1=O. The van der Waals surface area contributed by atoms with Crippen LogP contribution in [0.4, 0.5) is 4.79 Å². The lowest BCUT2D eigenvalue weighted by atomic mass is 9.87. The molecule has 2 aromatic rings. The first kappa shape index (κ1) is 19.5. The second kappa shape index (κ2) is 7.75. The molecule has 28 heavy (non-hydrogen) atoms. The van der Waals surface area contributed by atoms with Crippen LogP contribution in [-0.2, 0) is 15.1 Å². The van der Waals surface area contributed by atoms with Crippen LogP contribution >= 0.6 is 0 Å². The standard InChI is InChI=1S/C20H23N3O5/c1-4-20(14-7-9-15(27-3)10-8-14)18(25)23(19(26)22-20)12-17(24)21-13(2)16-6-5-11-28-16/h5-11,13H,4,12H2,1-3H3,(H,21,24)(H,22,26)/t13-,20+/m0/s1. The smallest absolute Gasteiger partial charge is 0.325 e. The molecule has 0 aliphatic carbocycles. The van der Waals surface area contributed by atoms with E-state index in [4.69, 9.17) is 9.15 Å². The molecule has 8 nitrogen and oxygen atoms in total. The Labute approximate surface area is 162 Å². The molecule has 1 aliphatic heterocycles. The van der Waals surface area contributed by atoms with Gasteiger partial charge in [0, 0.05) is 0 Å². The molecular weight excluding hydrogens is 362 g/mol. The van der Waals surface area contributed by atoms with Gasteiger partial charge in [0.25, 0.3) is 5.91 Å². The topological polar surface area (TPSA) is 101 Å². The highest BCUT2D eigenvalue weighted by Crippen LogP contribution is 2.33. The second-order valence-electron chi connectivity index (χ2n) is 6.61. The summed E-state index contributed by atoms with van der Waals surface area (Å²) < 4.78 is 10.4. The fraction of sp³-hybridized carbons (Fsp3) is 0.350. The lowest BCUT2D eigenvalue weighted by Crippen LogP contribution is -2.45. The highest BCUT2D eigenvalue weighted by atomic mass is 16.5. The number of furan rings is 1. The molecule has 0 unspecified atom stereocenters. The number of nitrogens with zero attached hydrogens (tertiary/aromatic N) is 1. The summed E-state index contributed by atoms with van der Waals surface area (Å²) in [6, 6.07) is 9.43. The minimum atomic E-state index is -1.20. The summed E-state index contributed by atoms with van der Waals surface area (Å²) in [6.45, 7) is 3.20. The molecule has 1 aromatic heterocycles. The summed E-state index contributed by atoms with van der Waals surface area (Å²) >= 11 is 0. The third-order valence-electron chi connectivity index (χ3n) is 4.94. The lowest BCUT2D eigenvalue weighted by molar-refractivity contribution is -0.135. The van der Waals surface area contributed by atoms with Gasteiger partial charge in [0.15, 0.2) is 0 Å². The Balaban J connectivity index is 1.75. The highest BCUT2D eigenvalue weighted by Gasteiger charge is 2.51. The van der Waals surface area contributed by atoms with Crippen molar-refractivity contribution in [1.29, 1.82) is 0 Å². The van der Waals surface area contributed by atoms with Gasteiger partial charge in [-0.25, -0.2) is 4.79 Å². The molecule has 3 rings (SSSR count). The number of amides is 4. The third-order valence-corrected chi connectivity index (χ3v) is 4.94. The zero-order chi connectivity index (χ0) is 20.3. The summed E-state index contributed by atoms with van der Waals surface area (Å²) in [6.07, 6.45) is 1.87. The summed E-state index contributed by atoms with van der Waals surface area (Å²) in [5.74, 6) is 0.335. The van der Waals surface area contributed by atoms with Crippen LogP contribution < -0.4 is 15.4 Å². The maximum absolute atomic E-state index is 13.1. The molecule has 0 bridgehead atoms. The minimum Gasteiger partial charge on any atom is -0.497 e. The number of ether oxygens (including phenoxy) is 1. The van der Waals surface area contributed by atoms with E-state index in [9.17, 15) is 14.4 Å². The molecule has 0 saturated carbocycles. The Hall–Kier alpha value is -3.29. The minimum absolute atomic E-state index is 0.352. The van der Waals surface area contributed by atoms with Gasteiger partial charge in [0.05, 0.1) is 19.4 Å². The number of benzene rings is 1. The molecule has 2 heterocycles. The van der Waals surface area contributed by atoms with E-state index < -0.39 is 23.4 Å². The molecule has 0 spiro atoms. The summed E-state index contributed by atoms with van der Waals surface area (Å²) in [5.41, 5.74) is -0.558. The third kappa shape index (κ3) is 3.45. The van der Waals surface area contributed by atoms with Gasteiger partial charge >= 0.3 is 6.03 Å². The van der Waals surface area contributed by atoms with Crippen LogP contribution in [0.3, 0.4) is 0 Å². The van der Waals surface area contributed by atoms with Crippen molar-refractivity contribution in [3.63, 3.8) is 0 Å². The average molecular weight is 385 g/mol. The van der Waals surface area contributed by atoms with Crippen molar-refractivity contribution in [3.8, 4) is 5.75 Å². The number of hydrogen-bond donors (Lipinski definition) is 2. The van der Waals surface area contributed by atoms with Gasteiger partial charge in [-0.1, -0.05) is 19.1 Å². The van der Waals surface area contributed by atoms with Crippen molar-refractivity contribution in [2.24, 2.45) is 0 Å². The zero-order valence-electron chi connectivity index (χ0n) is 16.0. The Bertz CT molecular complexity index is 862. The number of rotatable bonds is 7. The molecule has 1 aliphatic rings. The molecule has 2 atom stereocenters. The first-order valence-electron chi connectivity index (χ1n) is 9.02. The predicted octanol–water partition coefficient (Wildman–Crippen LogP) is 2.32. The van der Waals surface area contributed by atoms with Gasteiger partial charge in [-0.3, -0.25) is 14.5 Å². The van der Waals surface area contributed by atoms with Crippen LogP contribution in [0.15, 0.2) is 47.1 Å². The van der Waals surface area contributed by atoms with E-state index in [2.05, 4.69) is 10.6 Å². The quantitative estimate of drug-likeness (QED) is 0.713. The maximum Gasteiger partial charge on any atom is 0.325 e. The molecule has 1 saturated heterocycles. The molecule has 1 fully saturated rings. The summed E-state index contributed by atoms with van der Waals surface area (Å²) in [7, 11) is 1.55. The molecule has 1 aromatic carbocycles. The Morgan fingerprint density at radius 1 is 1.29 bits per heavy atom. The van der Waals surface area contributed by atoms with Gasteiger partial charge in [-0.2, -0.15) is 0 Å². The summed E-state index contributed by atoms with van der Waals surface area (Å²) in [5, 5.41) is 5.48. The number of carbonyl (C=O) groups is 3. The number of imide groups is 1. The van der Waals surface area contributed by atoms with Crippen molar-refractivity contribution in [2.45, 2.75) is 31.8 Å². The van der Waals surface area contributed by atoms with Crippen LogP contribution in [0.25, 0.3) is 0 Å². The van der Waals surface area contributed by atoms with Crippen LogP contribution in [0, 0.1) is 0 Å². The highest BCUT2D eigenvalue weighted by molar-refractivity contribution is 6.09. The van der Waals surface area contributed by atoms with Gasteiger partial charge in [-0.05, 0) is 43.2 Å². The number of nitrogens with one attached hydrogen (secondary N) is 2. The molecule has 2 N–H and O–H groups in total.